The maximum Gasteiger partial charge on any atom is 0.141 e. The molecular formula is C10H10N2. The van der Waals surface area contributed by atoms with Crippen molar-refractivity contribution in [1.29, 1.82) is 10.5 Å². The molecule has 0 aromatic heterocycles. The van der Waals surface area contributed by atoms with Gasteiger partial charge in [0.25, 0.3) is 0 Å². The molecule has 60 valence electrons. The Kier molecular flexibility index (Phi) is 5.16. The molecule has 0 atom stereocenters. The van der Waals surface area contributed by atoms with E-state index in [1.54, 1.807) is 12.1 Å². The Morgan fingerprint density at radius 1 is 1.33 bits per heavy atom. The second kappa shape index (κ2) is 6.02. The van der Waals surface area contributed by atoms with Crippen LogP contribution in [0.25, 0.3) is 0 Å². The van der Waals surface area contributed by atoms with Crippen molar-refractivity contribution in [3.63, 3.8) is 0 Å². The van der Waals surface area contributed by atoms with Crippen molar-refractivity contribution in [1.82, 2.24) is 0 Å². The van der Waals surface area contributed by atoms with E-state index in [1.165, 1.54) is 0 Å². The molecule has 0 saturated carbocycles. The molecule has 2 heteroatoms. The molecule has 0 aromatic rings. The summed E-state index contributed by atoms with van der Waals surface area (Å²) in [5, 5.41) is 17.0. The third kappa shape index (κ3) is 2.91. The van der Waals surface area contributed by atoms with Crippen LogP contribution in [0, 0.1) is 35.0 Å². The molecule has 0 rings (SSSR count). The molecule has 0 bridgehead atoms. The predicted octanol–water partition coefficient (Wildman–Crippen LogP) is 2.15. The zero-order valence-electron chi connectivity index (χ0n) is 7.09. The molecule has 0 N–H and O–H groups in total. The summed E-state index contributed by atoms with van der Waals surface area (Å²) in [7, 11) is 0. The lowest BCUT2D eigenvalue weighted by Crippen LogP contribution is -1.85. The van der Waals surface area contributed by atoms with Crippen LogP contribution in [0.15, 0.2) is 11.1 Å². The highest BCUT2D eigenvalue weighted by Gasteiger charge is 2.01. The Balaban J connectivity index is 4.57. The molecule has 0 fully saturated rings. The first kappa shape index (κ1) is 10.3. The number of nitrogens with zero attached hydrogens (tertiary/aromatic N) is 2. The Morgan fingerprint density at radius 3 is 2.25 bits per heavy atom. The van der Waals surface area contributed by atoms with Crippen molar-refractivity contribution in [2.45, 2.75) is 26.2 Å². The maximum atomic E-state index is 8.50. The van der Waals surface area contributed by atoms with Crippen LogP contribution in [0.3, 0.4) is 0 Å². The lowest BCUT2D eigenvalue weighted by molar-refractivity contribution is 0.799. The molecule has 0 aliphatic carbocycles. The van der Waals surface area contributed by atoms with E-state index in [-0.39, 0.29) is 5.57 Å². The summed E-state index contributed by atoms with van der Waals surface area (Å²) in [5.74, 6) is 2.37. The second-order valence-corrected chi connectivity index (χ2v) is 2.33. The lowest BCUT2D eigenvalue weighted by atomic mass is 10.0. The van der Waals surface area contributed by atoms with Gasteiger partial charge in [-0.15, -0.1) is 6.42 Å². The van der Waals surface area contributed by atoms with Crippen molar-refractivity contribution in [2.24, 2.45) is 0 Å². The third-order valence-corrected chi connectivity index (χ3v) is 1.48. The van der Waals surface area contributed by atoms with Gasteiger partial charge in [0.1, 0.15) is 17.7 Å². The topological polar surface area (TPSA) is 47.6 Å². The quantitative estimate of drug-likeness (QED) is 0.466. The van der Waals surface area contributed by atoms with Gasteiger partial charge in [-0.2, -0.15) is 10.5 Å². The fraction of sp³-hybridized carbons (Fsp3) is 0.400. The summed E-state index contributed by atoms with van der Waals surface area (Å²) >= 11 is 0. The predicted molar refractivity (Wildman–Crippen MR) is 46.6 cm³/mol. The van der Waals surface area contributed by atoms with Crippen LogP contribution in [0.5, 0.6) is 0 Å². The normalized spacial score (nSPS) is 7.50. The van der Waals surface area contributed by atoms with Gasteiger partial charge in [0.2, 0.25) is 0 Å². The minimum atomic E-state index is 0.0750. The van der Waals surface area contributed by atoms with Gasteiger partial charge >= 0.3 is 0 Å². The summed E-state index contributed by atoms with van der Waals surface area (Å²) in [5.41, 5.74) is 0.604. The van der Waals surface area contributed by atoms with Gasteiger partial charge in [-0.3, -0.25) is 0 Å². The zero-order chi connectivity index (χ0) is 9.40. The molecule has 12 heavy (non-hydrogen) atoms. The van der Waals surface area contributed by atoms with Gasteiger partial charge in [0.15, 0.2) is 0 Å². The molecule has 0 saturated heterocycles. The van der Waals surface area contributed by atoms with E-state index in [0.717, 1.165) is 12.8 Å². The minimum Gasteiger partial charge on any atom is -0.192 e. The van der Waals surface area contributed by atoms with E-state index >= 15 is 0 Å². The first-order valence-corrected chi connectivity index (χ1v) is 3.80. The zero-order valence-corrected chi connectivity index (χ0v) is 7.09. The Hall–Kier alpha value is -1.72. The highest BCUT2D eigenvalue weighted by molar-refractivity contribution is 5.47. The highest BCUT2D eigenvalue weighted by atomic mass is 14.3. The number of unbranched alkanes of at least 4 members (excludes halogenated alkanes) is 1. The summed E-state index contributed by atoms with van der Waals surface area (Å²) < 4.78 is 0. The van der Waals surface area contributed by atoms with Crippen LogP contribution in [0.1, 0.15) is 26.2 Å². The Labute approximate surface area is 73.1 Å². The molecule has 0 aliphatic rings. The monoisotopic (exact) mass is 158 g/mol. The van der Waals surface area contributed by atoms with Gasteiger partial charge in [-0.1, -0.05) is 19.3 Å². The third-order valence-electron chi connectivity index (χ3n) is 1.48. The van der Waals surface area contributed by atoms with Crippen molar-refractivity contribution < 1.29 is 0 Å². The maximum absolute atomic E-state index is 8.50. The van der Waals surface area contributed by atoms with E-state index < -0.39 is 0 Å². The van der Waals surface area contributed by atoms with Crippen molar-refractivity contribution in [3.05, 3.63) is 11.1 Å². The van der Waals surface area contributed by atoms with E-state index in [1.807, 2.05) is 6.92 Å². The summed E-state index contributed by atoms with van der Waals surface area (Å²) in [6.45, 7) is 2.03. The van der Waals surface area contributed by atoms with Gasteiger partial charge in [-0.25, -0.2) is 0 Å². The average Bonchev–Trinajstić information content (AvgIpc) is 2.12. The smallest absolute Gasteiger partial charge is 0.141 e. The van der Waals surface area contributed by atoms with E-state index in [0.29, 0.717) is 12.0 Å². The van der Waals surface area contributed by atoms with Gasteiger partial charge in [0, 0.05) is 5.57 Å². The van der Waals surface area contributed by atoms with Crippen molar-refractivity contribution in [3.8, 4) is 24.5 Å². The van der Waals surface area contributed by atoms with E-state index in [2.05, 4.69) is 5.92 Å². The number of terminal acetylenes is 1. The molecule has 0 unspecified atom stereocenters. The van der Waals surface area contributed by atoms with Crippen molar-refractivity contribution in [2.75, 3.05) is 0 Å². The average molecular weight is 158 g/mol. The fourth-order valence-corrected chi connectivity index (χ4v) is 0.783. The van der Waals surface area contributed by atoms with Crippen LogP contribution in [0.4, 0.5) is 0 Å². The number of nitriles is 2. The van der Waals surface area contributed by atoms with Gasteiger partial charge in [-0.05, 0) is 12.8 Å². The summed E-state index contributed by atoms with van der Waals surface area (Å²) in [4.78, 5) is 0. The minimum absolute atomic E-state index is 0.0750. The molecular weight excluding hydrogens is 148 g/mol. The number of rotatable bonds is 3. The first-order valence-electron chi connectivity index (χ1n) is 3.80. The molecule has 0 spiro atoms. The van der Waals surface area contributed by atoms with Crippen LogP contribution in [-0.2, 0) is 0 Å². The number of hydrogen-bond acceptors (Lipinski definition) is 2. The van der Waals surface area contributed by atoms with E-state index in [4.69, 9.17) is 16.9 Å². The van der Waals surface area contributed by atoms with Gasteiger partial charge < -0.3 is 0 Å². The van der Waals surface area contributed by atoms with E-state index in [9.17, 15) is 0 Å². The molecule has 0 aliphatic heterocycles. The van der Waals surface area contributed by atoms with Crippen LogP contribution < -0.4 is 0 Å². The highest BCUT2D eigenvalue weighted by Crippen LogP contribution is 2.10. The first-order chi connectivity index (χ1) is 5.79. The molecule has 2 nitrogen and oxygen atoms in total. The number of allylic oxidation sites excluding steroid dienone is 2. The number of hydrogen-bond donors (Lipinski definition) is 0. The molecule has 0 heterocycles. The van der Waals surface area contributed by atoms with Crippen LogP contribution in [0.2, 0.25) is 0 Å². The standard InChI is InChI=1S/C10H10N2/c1-3-5-6-9(4-2)10(7-11)8-12/h2H,3,5-6H2,1H3. The molecule has 0 aromatic carbocycles. The summed E-state index contributed by atoms with van der Waals surface area (Å²) in [6.07, 6.45) is 7.74. The lowest BCUT2D eigenvalue weighted by Gasteiger charge is -1.96. The van der Waals surface area contributed by atoms with Crippen LogP contribution in [-0.4, -0.2) is 0 Å². The van der Waals surface area contributed by atoms with Crippen LogP contribution >= 0.6 is 0 Å². The fourth-order valence-electron chi connectivity index (χ4n) is 0.783. The largest absolute Gasteiger partial charge is 0.192 e. The second-order valence-electron chi connectivity index (χ2n) is 2.33. The molecule has 0 amide bonds. The SMILES string of the molecule is C#CC(CCCC)=C(C#N)C#N. The van der Waals surface area contributed by atoms with Gasteiger partial charge in [0.05, 0.1) is 0 Å². The summed E-state index contributed by atoms with van der Waals surface area (Å²) in [6, 6.07) is 3.58. The molecule has 0 radical (unpaired) electrons. The Morgan fingerprint density at radius 2 is 1.92 bits per heavy atom. The Bertz CT molecular complexity index is 275. The van der Waals surface area contributed by atoms with Crippen molar-refractivity contribution >= 4 is 0 Å².